The Hall–Kier alpha value is -4.88. The van der Waals surface area contributed by atoms with Crippen molar-refractivity contribution in [3.05, 3.63) is 88.7 Å². The van der Waals surface area contributed by atoms with Crippen molar-refractivity contribution in [1.29, 1.82) is 0 Å². The molecule has 1 saturated heterocycles. The Morgan fingerprint density at radius 3 is 2.49 bits per heavy atom. The van der Waals surface area contributed by atoms with Gasteiger partial charge in [-0.1, -0.05) is 36.4 Å². The number of likely N-dealkylation sites (tertiary alicyclic amines) is 1. The van der Waals surface area contributed by atoms with E-state index in [1.165, 1.54) is 23.4 Å². The molecule has 13 heteroatoms. The molecule has 12 nitrogen and oxygen atoms in total. The van der Waals surface area contributed by atoms with Crippen LogP contribution in [-0.4, -0.2) is 64.7 Å². The standard InChI is InChI=1S/C34H38FN7O5/c1-33(2,3)47-32(44)37-16-22-5-7-23(8-6-22)30-28-29(39-40(30)4)31(43)42(20-38-28)19-34(45)11-13-41(14-12-34)18-25-10-9-24(15-26(25)35)27-17-36-21-46-27/h5-10,15,17,20-21,45H,11-14,16,18-19H2,1-4H3,(H,37,44). The van der Waals surface area contributed by atoms with Gasteiger partial charge in [0.2, 0.25) is 0 Å². The molecule has 0 spiro atoms. The number of nitrogens with one attached hydrogen (secondary N) is 1. The second-order valence-electron chi connectivity index (χ2n) is 13.1. The fourth-order valence-corrected chi connectivity index (χ4v) is 5.83. The Balaban J connectivity index is 1.10. The van der Waals surface area contributed by atoms with Crippen LogP contribution in [0.1, 0.15) is 44.7 Å². The van der Waals surface area contributed by atoms with Crippen LogP contribution in [0, 0.1) is 5.82 Å². The molecule has 1 fully saturated rings. The summed E-state index contributed by atoms with van der Waals surface area (Å²) < 4.78 is 28.5. The summed E-state index contributed by atoms with van der Waals surface area (Å²) in [5, 5.41) is 18.7. The summed E-state index contributed by atoms with van der Waals surface area (Å²) in [6.45, 7) is 7.30. The first-order valence-corrected chi connectivity index (χ1v) is 15.5. The van der Waals surface area contributed by atoms with E-state index in [2.05, 4.69) is 25.3 Å². The largest absolute Gasteiger partial charge is 0.444 e. The van der Waals surface area contributed by atoms with Crippen LogP contribution in [0.25, 0.3) is 33.6 Å². The second kappa shape index (κ2) is 12.7. The van der Waals surface area contributed by atoms with Crippen molar-refractivity contribution >= 4 is 17.1 Å². The number of fused-ring (bicyclic) bond motifs is 1. The summed E-state index contributed by atoms with van der Waals surface area (Å²) in [7, 11) is 1.76. The minimum atomic E-state index is -1.12. The van der Waals surface area contributed by atoms with Crippen molar-refractivity contribution < 1.29 is 23.4 Å². The lowest BCUT2D eigenvalue weighted by Crippen LogP contribution is -2.47. The maximum Gasteiger partial charge on any atom is 0.407 e. The van der Waals surface area contributed by atoms with Crippen LogP contribution in [0.4, 0.5) is 9.18 Å². The Morgan fingerprint density at radius 1 is 1.11 bits per heavy atom. The number of piperidine rings is 1. The highest BCUT2D eigenvalue weighted by atomic mass is 19.1. The van der Waals surface area contributed by atoms with Crippen molar-refractivity contribution in [2.45, 2.75) is 64.4 Å². The van der Waals surface area contributed by atoms with Gasteiger partial charge in [0.1, 0.15) is 16.9 Å². The molecule has 2 N–H and O–H groups in total. The normalized spacial score (nSPS) is 15.2. The van der Waals surface area contributed by atoms with E-state index in [9.17, 15) is 19.1 Å². The lowest BCUT2D eigenvalue weighted by Gasteiger charge is -2.38. The van der Waals surface area contributed by atoms with Crippen molar-refractivity contribution in [3.8, 4) is 22.6 Å². The summed E-state index contributed by atoms with van der Waals surface area (Å²) in [6, 6.07) is 12.5. The third-order valence-electron chi connectivity index (χ3n) is 8.29. The van der Waals surface area contributed by atoms with Crippen LogP contribution in [0.15, 0.2) is 70.6 Å². The molecule has 246 valence electrons. The maximum atomic E-state index is 14.9. The highest BCUT2D eigenvalue weighted by Crippen LogP contribution is 2.29. The summed E-state index contributed by atoms with van der Waals surface area (Å²) in [5.41, 5.74) is 2.21. The Morgan fingerprint density at radius 2 is 1.83 bits per heavy atom. The van der Waals surface area contributed by atoms with Gasteiger partial charge in [0, 0.05) is 49.9 Å². The fourth-order valence-electron chi connectivity index (χ4n) is 5.83. The van der Waals surface area contributed by atoms with Gasteiger partial charge in [-0.05, 0) is 45.2 Å². The number of carbonyl (C=O) groups is 1. The minimum Gasteiger partial charge on any atom is -0.444 e. The molecule has 0 bridgehead atoms. The molecular weight excluding hydrogens is 605 g/mol. The number of oxazole rings is 1. The molecule has 0 saturated carbocycles. The zero-order valence-corrected chi connectivity index (χ0v) is 26.9. The van der Waals surface area contributed by atoms with E-state index < -0.39 is 17.3 Å². The number of halogens is 1. The SMILES string of the molecule is Cn1nc2c(=O)n(CC3(O)CCN(Cc4ccc(-c5cnco5)cc4F)CC3)cnc2c1-c1ccc(CNC(=O)OC(C)(C)C)cc1. The minimum absolute atomic E-state index is 0.0775. The number of ether oxygens (including phenoxy) is 1. The van der Waals surface area contributed by atoms with Crippen molar-refractivity contribution in [3.63, 3.8) is 0 Å². The second-order valence-corrected chi connectivity index (χ2v) is 13.1. The molecule has 1 amide bonds. The van der Waals surface area contributed by atoms with Gasteiger partial charge in [-0.25, -0.2) is 19.2 Å². The number of nitrogens with zero attached hydrogens (tertiary/aromatic N) is 6. The van der Waals surface area contributed by atoms with Gasteiger partial charge < -0.3 is 19.6 Å². The molecule has 2 aromatic carbocycles. The lowest BCUT2D eigenvalue weighted by molar-refractivity contribution is -0.0366. The van der Waals surface area contributed by atoms with Gasteiger partial charge in [0.15, 0.2) is 17.7 Å². The molecule has 47 heavy (non-hydrogen) atoms. The summed E-state index contributed by atoms with van der Waals surface area (Å²) in [5.74, 6) is 0.176. The number of rotatable bonds is 8. The van der Waals surface area contributed by atoms with Crippen LogP contribution in [0.2, 0.25) is 0 Å². The predicted octanol–water partition coefficient (Wildman–Crippen LogP) is 4.64. The molecule has 1 aliphatic rings. The summed E-state index contributed by atoms with van der Waals surface area (Å²) in [4.78, 5) is 36.1. The van der Waals surface area contributed by atoms with Crippen LogP contribution in [-0.2, 0) is 31.4 Å². The van der Waals surface area contributed by atoms with E-state index in [1.807, 2.05) is 45.0 Å². The first-order chi connectivity index (χ1) is 22.4. The summed E-state index contributed by atoms with van der Waals surface area (Å²) in [6.07, 6.45) is 4.65. The predicted molar refractivity (Wildman–Crippen MR) is 173 cm³/mol. The van der Waals surface area contributed by atoms with Crippen molar-refractivity contribution in [2.75, 3.05) is 13.1 Å². The number of hydrogen-bond donors (Lipinski definition) is 2. The van der Waals surface area contributed by atoms with Gasteiger partial charge >= 0.3 is 6.09 Å². The first kappa shape index (κ1) is 32.1. The zero-order valence-electron chi connectivity index (χ0n) is 26.9. The van der Waals surface area contributed by atoms with Crippen LogP contribution in [0.3, 0.4) is 0 Å². The van der Waals surface area contributed by atoms with Gasteiger partial charge in [0.05, 0.1) is 30.4 Å². The van der Waals surface area contributed by atoms with Gasteiger partial charge in [0.25, 0.3) is 5.56 Å². The molecule has 3 aromatic heterocycles. The summed E-state index contributed by atoms with van der Waals surface area (Å²) >= 11 is 0. The molecule has 1 aliphatic heterocycles. The van der Waals surface area contributed by atoms with E-state index in [-0.39, 0.29) is 23.4 Å². The average molecular weight is 644 g/mol. The molecule has 6 rings (SSSR count). The number of aliphatic hydroxyl groups is 1. The van der Waals surface area contributed by atoms with E-state index in [0.717, 1.165) is 11.1 Å². The van der Waals surface area contributed by atoms with Crippen LogP contribution in [0.5, 0.6) is 0 Å². The van der Waals surface area contributed by atoms with Crippen LogP contribution >= 0.6 is 0 Å². The third-order valence-corrected chi connectivity index (χ3v) is 8.29. The highest BCUT2D eigenvalue weighted by Gasteiger charge is 2.34. The van der Waals surface area contributed by atoms with Crippen LogP contribution < -0.4 is 10.9 Å². The molecule has 0 atom stereocenters. The number of aryl methyl sites for hydroxylation is 1. The number of benzene rings is 2. The Bertz CT molecular complexity index is 1940. The maximum absolute atomic E-state index is 14.9. The number of amides is 1. The van der Waals surface area contributed by atoms with E-state index in [4.69, 9.17) is 9.15 Å². The topological polar surface area (TPSA) is 141 Å². The zero-order chi connectivity index (χ0) is 33.3. The molecule has 4 heterocycles. The molecule has 0 unspecified atom stereocenters. The number of aromatic nitrogens is 5. The molecule has 0 aliphatic carbocycles. The quantitative estimate of drug-likeness (QED) is 0.247. The highest BCUT2D eigenvalue weighted by molar-refractivity contribution is 5.89. The van der Waals surface area contributed by atoms with Gasteiger partial charge in [-0.3, -0.25) is 18.9 Å². The molecule has 5 aromatic rings. The molecular formula is C34H38FN7O5. The number of alkyl carbamates (subject to hydrolysis) is 1. The fraction of sp³-hybridized carbons (Fsp3) is 0.382. The Kier molecular flexibility index (Phi) is 8.68. The van der Waals surface area contributed by atoms with E-state index >= 15 is 0 Å². The van der Waals surface area contributed by atoms with E-state index in [1.54, 1.807) is 30.1 Å². The number of hydrogen-bond acceptors (Lipinski definition) is 9. The molecule has 0 radical (unpaired) electrons. The average Bonchev–Trinajstić information content (AvgIpc) is 3.68. The van der Waals surface area contributed by atoms with Gasteiger partial charge in [-0.15, -0.1) is 0 Å². The van der Waals surface area contributed by atoms with Gasteiger partial charge in [-0.2, -0.15) is 5.10 Å². The number of carbonyl (C=O) groups excluding carboxylic acids is 1. The van der Waals surface area contributed by atoms with Crippen molar-refractivity contribution in [1.82, 2.24) is 34.5 Å². The van der Waals surface area contributed by atoms with E-state index in [0.29, 0.717) is 67.1 Å². The first-order valence-electron chi connectivity index (χ1n) is 15.5. The van der Waals surface area contributed by atoms with Crippen molar-refractivity contribution in [2.24, 2.45) is 7.05 Å². The smallest absolute Gasteiger partial charge is 0.407 e. The Labute approximate surface area is 270 Å². The third kappa shape index (κ3) is 7.26. The lowest BCUT2D eigenvalue weighted by atomic mass is 9.91. The monoisotopic (exact) mass is 643 g/mol.